The standard InChI is InChI=1S/2C21H13ClN.2ClH.Zr/c2*22-15-10-11-17-14(12-15)13-19-18-8-4-5-9-20(18)23(21(17)19)16-6-2-1-3-7-16;;;/h2*1-11H,13H2;2*1H;/q2*-1;;;+2. The van der Waals surface area contributed by atoms with Crippen LogP contribution in [0.1, 0.15) is 22.3 Å². The van der Waals surface area contributed by atoms with Crippen LogP contribution in [0.2, 0.25) is 10.0 Å². The fraction of sp³-hybridized carbons (Fsp3) is 0.0476. The minimum absolute atomic E-state index is 0. The Hall–Kier alpha value is -3.56. The second kappa shape index (κ2) is 14.4. The van der Waals surface area contributed by atoms with Crippen molar-refractivity contribution >= 4 is 69.8 Å². The van der Waals surface area contributed by atoms with Gasteiger partial charge >= 0.3 is 26.2 Å². The van der Waals surface area contributed by atoms with E-state index in [2.05, 4.69) is 143 Å². The van der Waals surface area contributed by atoms with Gasteiger partial charge in [0.05, 0.1) is 11.0 Å². The zero-order valence-electron chi connectivity index (χ0n) is 26.1. The van der Waals surface area contributed by atoms with Gasteiger partial charge in [-0.3, -0.25) is 0 Å². The van der Waals surface area contributed by atoms with E-state index in [1.54, 1.807) is 0 Å². The molecule has 7 heteroatoms. The minimum atomic E-state index is 0. The third-order valence-corrected chi connectivity index (χ3v) is 9.63. The Morgan fingerprint density at radius 1 is 0.449 bits per heavy atom. The van der Waals surface area contributed by atoms with Crippen molar-refractivity contribution in [3.8, 4) is 33.9 Å². The molecule has 49 heavy (non-hydrogen) atoms. The first kappa shape index (κ1) is 35.3. The third-order valence-electron chi connectivity index (χ3n) is 9.19. The van der Waals surface area contributed by atoms with E-state index in [4.69, 9.17) is 23.2 Å². The number of benzene rings is 6. The smallest absolute Gasteiger partial charge is 0.321 e. The average Bonchev–Trinajstić information content (AvgIpc) is 3.82. The summed E-state index contributed by atoms with van der Waals surface area (Å²) in [5, 5.41) is 3.99. The number of hydrogen-bond donors (Lipinski definition) is 0. The van der Waals surface area contributed by atoms with Crippen LogP contribution in [0, 0.1) is 12.1 Å². The SMILES string of the molecule is Cl.Cl.Clc1[c-]c2c(cc1)-c1c(c3ccccc3n1-c1ccccc1)C2.Clc1[c-]c2c(cc1)-c1c(c3ccccc3n1-c1ccccc1)C2.[Zr+2]. The molecule has 0 bridgehead atoms. The van der Waals surface area contributed by atoms with Crippen LogP contribution in [0.25, 0.3) is 55.7 Å². The van der Waals surface area contributed by atoms with E-state index < -0.39 is 0 Å². The van der Waals surface area contributed by atoms with Crippen LogP contribution < -0.4 is 0 Å². The van der Waals surface area contributed by atoms with Crippen molar-refractivity contribution in [1.29, 1.82) is 0 Å². The van der Waals surface area contributed by atoms with Gasteiger partial charge in [0.15, 0.2) is 0 Å². The summed E-state index contributed by atoms with van der Waals surface area (Å²) in [6.45, 7) is 0. The normalized spacial score (nSPS) is 11.6. The van der Waals surface area contributed by atoms with E-state index in [1.807, 2.05) is 12.1 Å². The molecule has 0 amide bonds. The molecule has 0 N–H and O–H groups in total. The Morgan fingerprint density at radius 3 is 1.22 bits per heavy atom. The Morgan fingerprint density at radius 2 is 0.816 bits per heavy atom. The van der Waals surface area contributed by atoms with Crippen molar-refractivity contribution in [2.24, 2.45) is 0 Å². The predicted octanol–water partition coefficient (Wildman–Crippen LogP) is 12.2. The fourth-order valence-corrected chi connectivity index (χ4v) is 7.68. The van der Waals surface area contributed by atoms with E-state index >= 15 is 0 Å². The largest absolute Gasteiger partial charge is 2.00 e. The maximum Gasteiger partial charge on any atom is 2.00 e. The van der Waals surface area contributed by atoms with Crippen LogP contribution >= 0.6 is 48.0 Å². The van der Waals surface area contributed by atoms with Crippen LogP contribution in [0.4, 0.5) is 0 Å². The topological polar surface area (TPSA) is 9.86 Å². The van der Waals surface area contributed by atoms with Crippen molar-refractivity contribution in [3.63, 3.8) is 0 Å². The van der Waals surface area contributed by atoms with Gasteiger partial charge in [-0.1, -0.05) is 82.8 Å². The summed E-state index contributed by atoms with van der Waals surface area (Å²) in [4.78, 5) is 0. The van der Waals surface area contributed by atoms with E-state index in [0.717, 1.165) is 12.8 Å². The molecular weight excluding hydrogens is 766 g/mol. The first-order valence-corrected chi connectivity index (χ1v) is 16.2. The number of rotatable bonds is 2. The third kappa shape index (κ3) is 5.90. The zero-order valence-corrected chi connectivity index (χ0v) is 31.7. The molecule has 2 nitrogen and oxygen atoms in total. The second-order valence-electron chi connectivity index (χ2n) is 11.8. The maximum absolute atomic E-state index is 6.15. The van der Waals surface area contributed by atoms with Gasteiger partial charge in [-0.25, -0.2) is 0 Å². The van der Waals surface area contributed by atoms with Gasteiger partial charge in [0.1, 0.15) is 0 Å². The van der Waals surface area contributed by atoms with E-state index in [0.29, 0.717) is 10.0 Å². The number of aromatic nitrogens is 2. The summed E-state index contributed by atoms with van der Waals surface area (Å²) in [5.74, 6) is 0. The predicted molar refractivity (Wildman–Crippen MR) is 205 cm³/mol. The van der Waals surface area contributed by atoms with E-state index in [1.165, 1.54) is 77.9 Å². The number of hydrogen-bond acceptors (Lipinski definition) is 0. The summed E-state index contributed by atoms with van der Waals surface area (Å²) >= 11 is 12.3. The van der Waals surface area contributed by atoms with Crippen LogP contribution in [-0.2, 0) is 39.0 Å². The van der Waals surface area contributed by atoms with Crippen LogP contribution in [0.15, 0.2) is 133 Å². The molecule has 10 rings (SSSR count). The van der Waals surface area contributed by atoms with Gasteiger partial charge in [0.2, 0.25) is 0 Å². The number of halogens is 4. The summed E-state index contributed by atoms with van der Waals surface area (Å²) < 4.78 is 4.72. The molecule has 0 unspecified atom stereocenters. The van der Waals surface area contributed by atoms with Crippen molar-refractivity contribution in [1.82, 2.24) is 9.13 Å². The number of fused-ring (bicyclic) bond motifs is 10. The molecule has 2 aliphatic carbocycles. The number of nitrogens with zero attached hydrogens (tertiary/aromatic N) is 2. The summed E-state index contributed by atoms with van der Waals surface area (Å²) in [6, 6.07) is 53.0. The quantitative estimate of drug-likeness (QED) is 0.154. The Labute approximate surface area is 327 Å². The first-order valence-electron chi connectivity index (χ1n) is 15.4. The Balaban J connectivity index is 0.000000160. The van der Waals surface area contributed by atoms with Crippen LogP contribution in [-0.4, -0.2) is 9.13 Å². The Bertz CT molecular complexity index is 2280. The van der Waals surface area contributed by atoms with Gasteiger partial charge in [-0.2, -0.15) is 36.4 Å². The molecule has 2 aromatic heterocycles. The minimum Gasteiger partial charge on any atom is -0.321 e. The molecule has 0 fully saturated rings. The molecule has 6 aromatic carbocycles. The van der Waals surface area contributed by atoms with Gasteiger partial charge in [-0.05, 0) is 60.4 Å². The molecule has 0 aliphatic heterocycles. The molecule has 2 heterocycles. The monoisotopic (exact) mass is 790 g/mol. The molecule has 0 radical (unpaired) electrons. The average molecular weight is 794 g/mol. The van der Waals surface area contributed by atoms with Crippen LogP contribution in [0.5, 0.6) is 0 Å². The van der Waals surface area contributed by atoms with Crippen molar-refractivity contribution in [3.05, 3.63) is 178 Å². The van der Waals surface area contributed by atoms with Crippen molar-refractivity contribution in [2.45, 2.75) is 12.8 Å². The molecule has 0 atom stereocenters. The number of para-hydroxylation sites is 4. The second-order valence-corrected chi connectivity index (χ2v) is 12.6. The summed E-state index contributed by atoms with van der Waals surface area (Å²) in [6.07, 6.45) is 1.79. The molecule has 0 saturated heterocycles. The molecule has 0 spiro atoms. The maximum atomic E-state index is 6.15. The first-order chi connectivity index (χ1) is 22.7. The fourth-order valence-electron chi connectivity index (χ4n) is 7.32. The van der Waals surface area contributed by atoms with Gasteiger partial charge in [-0.15, -0.1) is 70.3 Å². The molecular formula is C42H28Cl4N2Zr. The molecule has 238 valence electrons. The van der Waals surface area contributed by atoms with Crippen LogP contribution in [0.3, 0.4) is 0 Å². The summed E-state index contributed by atoms with van der Waals surface area (Å²) in [7, 11) is 0. The Kier molecular flexibility index (Phi) is 10.3. The van der Waals surface area contributed by atoms with Gasteiger partial charge in [0, 0.05) is 33.5 Å². The molecule has 0 saturated carbocycles. The van der Waals surface area contributed by atoms with E-state index in [-0.39, 0.29) is 51.0 Å². The molecule has 8 aromatic rings. The van der Waals surface area contributed by atoms with Gasteiger partial charge < -0.3 is 9.13 Å². The van der Waals surface area contributed by atoms with Crippen molar-refractivity contribution < 1.29 is 26.2 Å². The summed E-state index contributed by atoms with van der Waals surface area (Å²) in [5.41, 5.74) is 15.1. The van der Waals surface area contributed by atoms with Crippen molar-refractivity contribution in [2.75, 3.05) is 0 Å². The zero-order chi connectivity index (χ0) is 30.8. The molecule has 2 aliphatic rings. The van der Waals surface area contributed by atoms with E-state index in [9.17, 15) is 0 Å². The van der Waals surface area contributed by atoms with Gasteiger partial charge in [0.25, 0.3) is 0 Å².